The van der Waals surface area contributed by atoms with E-state index in [0.717, 1.165) is 0 Å². The largest absolute Gasteiger partial charge is 1.00 e. The van der Waals surface area contributed by atoms with Gasteiger partial charge >= 0.3 is 58.8 Å². The predicted octanol–water partition coefficient (Wildman–Crippen LogP) is -20.1. The second-order valence-corrected chi connectivity index (χ2v) is 1.37. The first kappa shape index (κ1) is 124. The smallest absolute Gasteiger partial charge is 0.832 e. The first-order chi connectivity index (χ1) is 6.93. The molecule has 0 saturated heterocycles. The fourth-order valence-electron chi connectivity index (χ4n) is 0. The first-order valence-corrected chi connectivity index (χ1v) is 3.08. The second-order valence-electron chi connectivity index (χ2n) is 1.37. The third kappa shape index (κ3) is 109000. The molecule has 22 nitrogen and oxygen atoms in total. The van der Waals surface area contributed by atoms with Gasteiger partial charge in [-0.2, -0.15) is 0 Å². The summed E-state index contributed by atoms with van der Waals surface area (Å²) in [5.41, 5.74) is 0. The van der Waals surface area contributed by atoms with Crippen LogP contribution in [0, 0.1) is 0 Å². The van der Waals surface area contributed by atoms with Crippen molar-refractivity contribution in [1.82, 2.24) is 0 Å². The fourth-order valence-corrected chi connectivity index (χ4v) is 0. The van der Waals surface area contributed by atoms with Gasteiger partial charge in [0.05, 0.1) is 0 Å². The van der Waals surface area contributed by atoms with Gasteiger partial charge in [0.1, 0.15) is 0 Å². The van der Waals surface area contributed by atoms with E-state index in [0.29, 0.717) is 0 Å². The number of hydrogen-bond acceptors (Lipinski definition) is 12. The summed E-state index contributed by atoms with van der Waals surface area (Å²) < 4.78 is 0. The van der Waals surface area contributed by atoms with E-state index in [2.05, 4.69) is 0 Å². The number of hydrogen-bond donors (Lipinski definition) is 11. The Kier molecular flexibility index (Phi) is 511. The van der Waals surface area contributed by atoms with E-state index in [9.17, 15) is 0 Å². The standard InChI is InChI=1S/3BH3O3.BH2O3.Na.10H2O/c4*2-1(3)4;;;;;;;;;;;/h3*2-4H;2-3H;;10*1H2/q;;;-1;+1;;;;;;;;;;. The zero-order valence-corrected chi connectivity index (χ0v) is 15.6. The molecule has 0 atom stereocenters. The Balaban J connectivity index is -0.00000000482. The molecule has 0 aliphatic heterocycles. The van der Waals surface area contributed by atoms with Gasteiger partial charge < -0.3 is 115 Å². The van der Waals surface area contributed by atoms with Crippen LogP contribution in [0.4, 0.5) is 0 Å². The van der Waals surface area contributed by atoms with Gasteiger partial charge in [-0.25, -0.2) is 0 Å². The van der Waals surface area contributed by atoms with Gasteiger partial charge in [-0.05, 0) is 0 Å². The summed E-state index contributed by atoms with van der Waals surface area (Å²) in [4.78, 5) is 0. The summed E-state index contributed by atoms with van der Waals surface area (Å²) in [6, 6.07) is 0. The molecule has 0 aromatic carbocycles. The van der Waals surface area contributed by atoms with Crippen molar-refractivity contribution in [2.75, 3.05) is 0 Å². The average molecular weight is 449 g/mol. The molecule has 0 spiro atoms. The second kappa shape index (κ2) is 111. The van der Waals surface area contributed by atoms with Gasteiger partial charge in [-0.1, -0.05) is 0 Å². The van der Waals surface area contributed by atoms with E-state index >= 15 is 0 Å². The topological polar surface area (TPSA) is 561 Å². The molecule has 0 rings (SSSR count). The Bertz CT molecular complexity index is 65.3. The monoisotopic (exact) mass is 450 g/mol. The van der Waals surface area contributed by atoms with Crippen LogP contribution >= 0.6 is 0 Å². The molecule has 0 saturated carbocycles. The van der Waals surface area contributed by atoms with Crippen molar-refractivity contribution < 1.29 is 145 Å². The quantitative estimate of drug-likeness (QED) is 0.153. The average Bonchev–Trinajstić information content (AvgIpc) is 1.76. The van der Waals surface area contributed by atoms with Crippen LogP contribution in [0.25, 0.3) is 0 Å². The molecule has 0 aliphatic rings. The van der Waals surface area contributed by atoms with E-state index in [4.69, 9.17) is 60.3 Å². The van der Waals surface area contributed by atoms with Crippen molar-refractivity contribution in [3.63, 3.8) is 0 Å². The fraction of sp³-hybridized carbons (Fsp3) is 0. The van der Waals surface area contributed by atoms with Crippen LogP contribution in [0.2, 0.25) is 0 Å². The maximum absolute atomic E-state index is 8.64. The van der Waals surface area contributed by atoms with Gasteiger partial charge in [-0.3, -0.25) is 0 Å². The molecular weight excluding hydrogens is 418 g/mol. The molecule has 0 aromatic rings. The Morgan fingerprint density at radius 2 is 0.333 bits per heavy atom. The predicted molar refractivity (Wildman–Crippen MR) is 83.6 cm³/mol. The van der Waals surface area contributed by atoms with Crippen LogP contribution in [0.3, 0.4) is 0 Å². The Morgan fingerprint density at radius 3 is 0.333 bits per heavy atom. The number of rotatable bonds is 0. The molecule has 0 unspecified atom stereocenters. The van der Waals surface area contributed by atoms with Crippen molar-refractivity contribution in [1.29, 1.82) is 0 Å². The zero-order chi connectivity index (χ0) is 14.3. The minimum atomic E-state index is -2.42. The SMILES string of the molecule is O.O.O.O.O.O.O.O.O.O.OB(O)O.OB(O)O.OB(O)O.[Na+].[O-]B(O)O. The van der Waals surface area contributed by atoms with Crippen LogP contribution < -0.4 is 34.6 Å². The molecule has 0 aliphatic carbocycles. The van der Waals surface area contributed by atoms with Crippen molar-refractivity contribution >= 4 is 29.3 Å². The minimum Gasteiger partial charge on any atom is -0.832 e. The molecule has 0 amide bonds. The summed E-state index contributed by atoms with van der Waals surface area (Å²) in [7, 11) is -8.92. The van der Waals surface area contributed by atoms with Crippen LogP contribution in [-0.4, -0.2) is 139 Å². The normalized spacial score (nSPS) is 4.00. The van der Waals surface area contributed by atoms with Crippen molar-refractivity contribution in [3.8, 4) is 0 Å². The summed E-state index contributed by atoms with van der Waals surface area (Å²) in [6.07, 6.45) is 0. The third-order valence-electron chi connectivity index (χ3n) is 0. The minimum absolute atomic E-state index is 0. The van der Waals surface area contributed by atoms with Crippen molar-refractivity contribution in [2.45, 2.75) is 0 Å². The van der Waals surface area contributed by atoms with Gasteiger partial charge in [0.2, 0.25) is 0 Å². The van der Waals surface area contributed by atoms with Gasteiger partial charge in [0, 0.05) is 0 Å². The van der Waals surface area contributed by atoms with E-state index in [1.807, 2.05) is 0 Å². The maximum Gasteiger partial charge on any atom is 1.00 e. The molecule has 27 heteroatoms. The maximum atomic E-state index is 8.64. The van der Waals surface area contributed by atoms with Crippen LogP contribution in [0.5, 0.6) is 0 Å². The van der Waals surface area contributed by atoms with E-state index in [1.54, 1.807) is 0 Å². The van der Waals surface area contributed by atoms with Gasteiger partial charge in [0.25, 0.3) is 0 Å². The van der Waals surface area contributed by atoms with Crippen molar-refractivity contribution in [3.05, 3.63) is 0 Å². The molecule has 176 valence electrons. The summed E-state index contributed by atoms with van der Waals surface area (Å²) >= 11 is 0. The van der Waals surface area contributed by atoms with E-state index < -0.39 is 29.3 Å². The zero-order valence-electron chi connectivity index (χ0n) is 13.6. The van der Waals surface area contributed by atoms with E-state index in [-0.39, 0.29) is 84.3 Å². The van der Waals surface area contributed by atoms with Gasteiger partial charge in [0.15, 0.2) is 0 Å². The van der Waals surface area contributed by atoms with Crippen molar-refractivity contribution in [2.24, 2.45) is 0 Å². The Labute approximate surface area is 174 Å². The molecular formula is H31B4NaO22. The Hall–Kier alpha value is 0.380. The molecule has 0 aromatic heterocycles. The van der Waals surface area contributed by atoms with Crippen LogP contribution in [-0.2, 0) is 0 Å². The first-order valence-electron chi connectivity index (χ1n) is 3.08. The molecule has 0 heterocycles. The van der Waals surface area contributed by atoms with Gasteiger partial charge in [-0.15, -0.1) is 0 Å². The van der Waals surface area contributed by atoms with Crippen LogP contribution in [0.15, 0.2) is 0 Å². The van der Waals surface area contributed by atoms with E-state index in [1.165, 1.54) is 0 Å². The molecule has 27 heavy (non-hydrogen) atoms. The molecule has 0 radical (unpaired) electrons. The molecule has 31 N–H and O–H groups in total. The summed E-state index contributed by atoms with van der Waals surface area (Å²) in [5, 5.41) is 87.2. The molecule has 0 bridgehead atoms. The third-order valence-corrected chi connectivity index (χ3v) is 0. The summed E-state index contributed by atoms with van der Waals surface area (Å²) in [6.45, 7) is 0. The Morgan fingerprint density at radius 1 is 0.333 bits per heavy atom. The molecule has 0 fully saturated rings. The summed E-state index contributed by atoms with van der Waals surface area (Å²) in [5.74, 6) is 0. The van der Waals surface area contributed by atoms with Crippen LogP contribution in [0.1, 0.15) is 0 Å².